The number of carbonyl (C=O) groups is 2. The lowest BCUT2D eigenvalue weighted by molar-refractivity contribution is -0.133. The molecule has 1 aromatic carbocycles. The summed E-state index contributed by atoms with van der Waals surface area (Å²) >= 11 is 1.48. The van der Waals surface area contributed by atoms with Crippen molar-refractivity contribution < 1.29 is 14.3 Å². The number of morpholine rings is 1. The molecule has 34 heavy (non-hydrogen) atoms. The predicted molar refractivity (Wildman–Crippen MR) is 134 cm³/mol. The van der Waals surface area contributed by atoms with Crippen LogP contribution >= 0.6 is 11.3 Å². The normalized spacial score (nSPS) is 13.8. The molecule has 1 aliphatic heterocycles. The second-order valence-electron chi connectivity index (χ2n) is 8.42. The number of amides is 2. The third-order valence-electron chi connectivity index (χ3n) is 6.00. The molecule has 0 atom stereocenters. The van der Waals surface area contributed by atoms with E-state index in [0.717, 1.165) is 29.2 Å². The molecule has 0 aliphatic carbocycles. The van der Waals surface area contributed by atoms with E-state index in [2.05, 4.69) is 20.2 Å². The Balaban J connectivity index is 1.28. The highest BCUT2D eigenvalue weighted by atomic mass is 32.1. The predicted octanol–water partition coefficient (Wildman–Crippen LogP) is 2.47. The fourth-order valence-electron chi connectivity index (χ4n) is 3.92. The van der Waals surface area contributed by atoms with Gasteiger partial charge >= 0.3 is 0 Å². The number of rotatable bonds is 7. The summed E-state index contributed by atoms with van der Waals surface area (Å²) in [5.74, 6) is 0.0110. The average molecular weight is 484 g/mol. The summed E-state index contributed by atoms with van der Waals surface area (Å²) < 4.78 is 5.37. The number of ether oxygens (including phenoxy) is 1. The Morgan fingerprint density at radius 3 is 2.62 bits per heavy atom. The van der Waals surface area contributed by atoms with E-state index in [0.29, 0.717) is 41.4 Å². The monoisotopic (exact) mass is 483 g/mol. The lowest BCUT2D eigenvalue weighted by Gasteiger charge is -2.28. The minimum atomic E-state index is -0.271. The van der Waals surface area contributed by atoms with Crippen molar-refractivity contribution in [3.8, 4) is 0 Å². The summed E-state index contributed by atoms with van der Waals surface area (Å²) in [5, 5.41) is 3.45. The van der Waals surface area contributed by atoms with E-state index in [-0.39, 0.29) is 30.3 Å². The summed E-state index contributed by atoms with van der Waals surface area (Å²) in [5.41, 5.74) is 2.53. The van der Waals surface area contributed by atoms with Gasteiger partial charge in [-0.15, -0.1) is 11.3 Å². The fourth-order valence-corrected chi connectivity index (χ4v) is 4.96. The quantitative estimate of drug-likeness (QED) is 0.535. The number of hydrogen-bond donors (Lipinski definition) is 2. The van der Waals surface area contributed by atoms with Crippen LogP contribution in [0.3, 0.4) is 0 Å². The molecule has 0 spiro atoms. The first kappa shape index (κ1) is 23.9. The molecule has 1 aliphatic rings. The molecule has 9 nitrogen and oxygen atoms in total. The second-order valence-corrected chi connectivity index (χ2v) is 9.62. The van der Waals surface area contributed by atoms with E-state index >= 15 is 0 Å². The van der Waals surface area contributed by atoms with E-state index in [4.69, 9.17) is 4.74 Å². The van der Waals surface area contributed by atoms with Crippen LogP contribution in [0.5, 0.6) is 0 Å². The van der Waals surface area contributed by atoms with Gasteiger partial charge in [0.05, 0.1) is 25.1 Å². The standard InChI is InChI=1S/C24H29N5O4S/c1-15-16(2)34-24-22(15)23(32)26-19(27-24)8-9-21(31)28(3)14-20(30)25-17-4-6-18(7-5-17)29-10-12-33-13-11-29/h4-7H,8-14H2,1-3H3,(H,25,30)(H,26,27,32). The summed E-state index contributed by atoms with van der Waals surface area (Å²) in [4.78, 5) is 50.0. The van der Waals surface area contributed by atoms with Gasteiger partial charge in [-0.3, -0.25) is 14.4 Å². The van der Waals surface area contributed by atoms with Gasteiger partial charge in [-0.2, -0.15) is 0 Å². The molecule has 2 amide bonds. The Bertz CT molecular complexity index is 1240. The molecule has 0 radical (unpaired) electrons. The molecule has 3 aromatic rings. The van der Waals surface area contributed by atoms with Gasteiger partial charge in [-0.05, 0) is 43.7 Å². The molecule has 2 aromatic heterocycles. The van der Waals surface area contributed by atoms with Gasteiger partial charge in [0.15, 0.2) is 0 Å². The first-order valence-corrected chi connectivity index (χ1v) is 12.1. The number of benzene rings is 1. The molecule has 10 heteroatoms. The maximum absolute atomic E-state index is 12.5. The first-order valence-electron chi connectivity index (χ1n) is 11.3. The van der Waals surface area contributed by atoms with E-state index < -0.39 is 0 Å². The number of H-pyrrole nitrogens is 1. The summed E-state index contributed by atoms with van der Waals surface area (Å²) in [6.45, 7) is 6.94. The topological polar surface area (TPSA) is 108 Å². The summed E-state index contributed by atoms with van der Waals surface area (Å²) in [6, 6.07) is 7.65. The van der Waals surface area contributed by atoms with Crippen molar-refractivity contribution in [2.45, 2.75) is 26.7 Å². The van der Waals surface area contributed by atoms with E-state index in [9.17, 15) is 14.4 Å². The molecule has 0 saturated carbocycles. The second kappa shape index (κ2) is 10.4. The maximum Gasteiger partial charge on any atom is 0.259 e. The number of nitrogens with one attached hydrogen (secondary N) is 2. The molecular formula is C24H29N5O4S. The van der Waals surface area contributed by atoms with Crippen LogP contribution in [0.1, 0.15) is 22.7 Å². The highest BCUT2D eigenvalue weighted by Gasteiger charge is 2.16. The van der Waals surface area contributed by atoms with Crippen LogP contribution in [0.2, 0.25) is 0 Å². The third kappa shape index (κ3) is 5.45. The number of aryl methyl sites for hydroxylation is 3. The molecule has 3 heterocycles. The molecule has 1 fully saturated rings. The number of fused-ring (bicyclic) bond motifs is 1. The Kier molecular flexibility index (Phi) is 7.28. The Morgan fingerprint density at radius 1 is 1.21 bits per heavy atom. The first-order chi connectivity index (χ1) is 16.3. The Labute approximate surface area is 201 Å². The van der Waals surface area contributed by atoms with Crippen molar-refractivity contribution in [1.29, 1.82) is 0 Å². The summed E-state index contributed by atoms with van der Waals surface area (Å²) in [7, 11) is 1.59. The highest BCUT2D eigenvalue weighted by molar-refractivity contribution is 7.18. The minimum absolute atomic E-state index is 0.0592. The van der Waals surface area contributed by atoms with Crippen LogP contribution < -0.4 is 15.8 Å². The number of likely N-dealkylation sites (N-methyl/N-ethyl adjacent to an activating group) is 1. The van der Waals surface area contributed by atoms with Crippen molar-refractivity contribution in [2.24, 2.45) is 0 Å². The lowest BCUT2D eigenvalue weighted by atomic mass is 10.2. The van der Waals surface area contributed by atoms with E-state index in [1.807, 2.05) is 38.1 Å². The summed E-state index contributed by atoms with van der Waals surface area (Å²) in [6.07, 6.45) is 0.449. The van der Waals surface area contributed by atoms with Gasteiger partial charge in [0, 0.05) is 49.2 Å². The smallest absolute Gasteiger partial charge is 0.259 e. The van der Waals surface area contributed by atoms with Gasteiger partial charge in [-0.1, -0.05) is 0 Å². The number of hydrogen-bond acceptors (Lipinski definition) is 7. The van der Waals surface area contributed by atoms with Crippen LogP contribution in [0, 0.1) is 13.8 Å². The zero-order valence-corrected chi connectivity index (χ0v) is 20.5. The van der Waals surface area contributed by atoms with E-state index in [1.165, 1.54) is 16.2 Å². The molecule has 0 unspecified atom stereocenters. The van der Waals surface area contributed by atoms with Gasteiger partial charge in [0.25, 0.3) is 5.56 Å². The highest BCUT2D eigenvalue weighted by Crippen LogP contribution is 2.25. The van der Waals surface area contributed by atoms with Crippen molar-refractivity contribution >= 4 is 44.7 Å². The lowest BCUT2D eigenvalue weighted by Crippen LogP contribution is -2.36. The van der Waals surface area contributed by atoms with Crippen LogP contribution in [-0.2, 0) is 20.7 Å². The number of aromatic amines is 1. The van der Waals surface area contributed by atoms with E-state index in [1.54, 1.807) is 7.05 Å². The van der Waals surface area contributed by atoms with Crippen molar-refractivity contribution in [3.63, 3.8) is 0 Å². The van der Waals surface area contributed by atoms with Gasteiger partial charge < -0.3 is 24.8 Å². The average Bonchev–Trinajstić information content (AvgIpc) is 3.12. The largest absolute Gasteiger partial charge is 0.378 e. The molecule has 180 valence electrons. The number of anilines is 2. The van der Waals surface area contributed by atoms with Gasteiger partial charge in [-0.25, -0.2) is 4.98 Å². The molecule has 0 bridgehead atoms. The zero-order chi connectivity index (χ0) is 24.2. The van der Waals surface area contributed by atoms with Crippen LogP contribution in [-0.4, -0.2) is 66.6 Å². The van der Waals surface area contributed by atoms with Crippen molar-refractivity contribution in [2.75, 3.05) is 50.1 Å². The third-order valence-corrected chi connectivity index (χ3v) is 7.10. The van der Waals surface area contributed by atoms with Gasteiger partial charge in [0.1, 0.15) is 10.7 Å². The minimum Gasteiger partial charge on any atom is -0.378 e. The number of nitrogens with zero attached hydrogens (tertiary/aromatic N) is 3. The fraction of sp³-hybridized carbons (Fsp3) is 0.417. The zero-order valence-electron chi connectivity index (χ0n) is 19.6. The Hall–Kier alpha value is -3.24. The van der Waals surface area contributed by atoms with Crippen LogP contribution in [0.15, 0.2) is 29.1 Å². The van der Waals surface area contributed by atoms with Crippen LogP contribution in [0.25, 0.3) is 10.2 Å². The molecule has 2 N–H and O–H groups in total. The van der Waals surface area contributed by atoms with Crippen LogP contribution in [0.4, 0.5) is 11.4 Å². The molecular weight excluding hydrogens is 454 g/mol. The molecule has 4 rings (SSSR count). The maximum atomic E-state index is 12.5. The Morgan fingerprint density at radius 2 is 1.91 bits per heavy atom. The molecule has 1 saturated heterocycles. The van der Waals surface area contributed by atoms with Gasteiger partial charge in [0.2, 0.25) is 11.8 Å². The van der Waals surface area contributed by atoms with Crippen molar-refractivity contribution in [3.05, 3.63) is 50.9 Å². The number of thiophene rings is 1. The van der Waals surface area contributed by atoms with Crippen molar-refractivity contribution in [1.82, 2.24) is 14.9 Å². The SMILES string of the molecule is Cc1sc2nc(CCC(=O)N(C)CC(=O)Nc3ccc(N4CCOCC4)cc3)[nH]c(=O)c2c1C. The number of carbonyl (C=O) groups excluding carboxylic acids is 2. The number of aromatic nitrogens is 2.